The van der Waals surface area contributed by atoms with E-state index in [0.717, 1.165) is 34.1 Å². The summed E-state index contributed by atoms with van der Waals surface area (Å²) in [7, 11) is 4.02. The molecular formula is C25H31N3O2S3. The number of nitrogens with one attached hydrogen (secondary N) is 1. The fraction of sp³-hybridized carbons (Fsp3) is 0.320. The van der Waals surface area contributed by atoms with Crippen LogP contribution in [0.5, 0.6) is 0 Å². The van der Waals surface area contributed by atoms with Gasteiger partial charge in [-0.05, 0) is 50.2 Å². The van der Waals surface area contributed by atoms with Crippen LogP contribution in [0.1, 0.15) is 27.3 Å². The van der Waals surface area contributed by atoms with Crippen molar-refractivity contribution in [2.45, 2.75) is 25.4 Å². The minimum atomic E-state index is -0.527. The Morgan fingerprint density at radius 1 is 1.09 bits per heavy atom. The molecule has 1 aromatic heterocycles. The summed E-state index contributed by atoms with van der Waals surface area (Å²) in [5, 5.41) is 5.70. The first-order valence-corrected chi connectivity index (χ1v) is 12.8. The van der Waals surface area contributed by atoms with Gasteiger partial charge in [0.1, 0.15) is 5.01 Å². The molecule has 2 aromatic carbocycles. The predicted octanol–water partition coefficient (Wildman–Crippen LogP) is 4.65. The summed E-state index contributed by atoms with van der Waals surface area (Å²) in [6.45, 7) is 0.815. The number of nitrogens with zero attached hydrogens (tertiary/aromatic N) is 2. The van der Waals surface area contributed by atoms with Crippen molar-refractivity contribution in [2.24, 2.45) is 0 Å². The maximum atomic E-state index is 13.0. The Balaban J connectivity index is 0.00000385. The molecule has 3 aromatic rings. The van der Waals surface area contributed by atoms with E-state index < -0.39 is 6.04 Å². The maximum Gasteiger partial charge on any atom is 0.251 e. The van der Waals surface area contributed by atoms with E-state index in [1.165, 1.54) is 11.3 Å². The van der Waals surface area contributed by atoms with Gasteiger partial charge in [-0.1, -0.05) is 42.5 Å². The van der Waals surface area contributed by atoms with Crippen molar-refractivity contribution in [3.8, 4) is 11.3 Å². The quantitative estimate of drug-likeness (QED) is 0.414. The second-order valence-corrected chi connectivity index (χ2v) is 9.81. The molecule has 8 heteroatoms. The lowest BCUT2D eigenvalue weighted by molar-refractivity contribution is -0.120. The van der Waals surface area contributed by atoms with Gasteiger partial charge in [-0.25, -0.2) is 4.98 Å². The SMILES string of the molecule is CSCC[C@H](NC(=O)c1ccc(CN(C)C)cc1)C(=O)Cc1nc(-c2ccccc2)cs1.S. The molecule has 0 saturated carbocycles. The molecule has 0 aliphatic carbocycles. The van der Waals surface area contributed by atoms with Crippen molar-refractivity contribution < 1.29 is 9.59 Å². The molecular weight excluding hydrogens is 470 g/mol. The number of hydrogen-bond donors (Lipinski definition) is 1. The Hall–Kier alpha value is -2.13. The highest BCUT2D eigenvalue weighted by Gasteiger charge is 2.22. The number of benzene rings is 2. The number of carbonyl (C=O) groups excluding carboxylic acids is 2. The standard InChI is InChI=1S/C25H29N3O2S2.H2S/c1-28(2)16-18-9-11-20(12-10-18)25(30)27-21(13-14-31-3)23(29)15-24-26-22(17-32-24)19-7-5-4-6-8-19;/h4-12,17,21H,13-16H2,1-3H3,(H,27,30);1H2/t21-;/m0./s1. The average molecular weight is 502 g/mol. The first kappa shape index (κ1) is 27.1. The Bertz CT molecular complexity index is 1020. The molecule has 1 amide bonds. The van der Waals surface area contributed by atoms with E-state index in [2.05, 4.69) is 15.2 Å². The Morgan fingerprint density at radius 3 is 2.42 bits per heavy atom. The van der Waals surface area contributed by atoms with E-state index in [4.69, 9.17) is 0 Å². The van der Waals surface area contributed by atoms with Gasteiger partial charge in [0.25, 0.3) is 5.91 Å². The normalized spacial score (nSPS) is 11.6. The van der Waals surface area contributed by atoms with E-state index in [0.29, 0.717) is 12.0 Å². The molecule has 176 valence electrons. The fourth-order valence-electron chi connectivity index (χ4n) is 3.32. The zero-order valence-electron chi connectivity index (χ0n) is 19.2. The van der Waals surface area contributed by atoms with Crippen LogP contribution in [0.4, 0.5) is 0 Å². The molecule has 5 nitrogen and oxygen atoms in total. The van der Waals surface area contributed by atoms with E-state index in [1.54, 1.807) is 11.8 Å². The summed E-state index contributed by atoms with van der Waals surface area (Å²) in [4.78, 5) is 32.6. The second kappa shape index (κ2) is 13.5. The number of ketones is 1. The number of carbonyl (C=O) groups is 2. The third kappa shape index (κ3) is 8.30. The van der Waals surface area contributed by atoms with Gasteiger partial charge in [0.05, 0.1) is 18.2 Å². The number of thioether (sulfide) groups is 1. The van der Waals surface area contributed by atoms with E-state index in [1.807, 2.05) is 80.3 Å². The number of Topliss-reactive ketones (excluding diaryl/α,β-unsaturated/α-hetero) is 1. The number of amides is 1. The minimum Gasteiger partial charge on any atom is -0.342 e. The Labute approximate surface area is 211 Å². The van der Waals surface area contributed by atoms with Gasteiger partial charge in [0.15, 0.2) is 5.78 Å². The molecule has 33 heavy (non-hydrogen) atoms. The summed E-state index contributed by atoms with van der Waals surface area (Å²) in [6.07, 6.45) is 2.82. The fourth-order valence-corrected chi connectivity index (χ4v) is 4.61. The summed E-state index contributed by atoms with van der Waals surface area (Å²) in [6, 6.07) is 16.9. The topological polar surface area (TPSA) is 62.3 Å². The highest BCUT2D eigenvalue weighted by molar-refractivity contribution is 7.98. The molecule has 1 heterocycles. The smallest absolute Gasteiger partial charge is 0.251 e. The van der Waals surface area contributed by atoms with Gasteiger partial charge in [0.2, 0.25) is 0 Å². The predicted molar refractivity (Wildman–Crippen MR) is 145 cm³/mol. The largest absolute Gasteiger partial charge is 0.342 e. The van der Waals surface area contributed by atoms with Crippen LogP contribution in [0.25, 0.3) is 11.3 Å². The van der Waals surface area contributed by atoms with Crippen molar-refractivity contribution in [3.05, 3.63) is 76.1 Å². The average Bonchev–Trinajstić information content (AvgIpc) is 3.25. The monoisotopic (exact) mass is 501 g/mol. The lowest BCUT2D eigenvalue weighted by atomic mass is 10.1. The van der Waals surface area contributed by atoms with Crippen molar-refractivity contribution >= 4 is 48.3 Å². The zero-order chi connectivity index (χ0) is 22.9. The third-order valence-corrected chi connectivity index (χ3v) is 6.46. The van der Waals surface area contributed by atoms with E-state index in [-0.39, 0.29) is 31.6 Å². The first-order valence-electron chi connectivity index (χ1n) is 10.5. The van der Waals surface area contributed by atoms with Crippen molar-refractivity contribution in [3.63, 3.8) is 0 Å². The highest BCUT2D eigenvalue weighted by atomic mass is 32.2. The van der Waals surface area contributed by atoms with Crippen molar-refractivity contribution in [2.75, 3.05) is 26.1 Å². The van der Waals surface area contributed by atoms with Gasteiger partial charge in [0, 0.05) is 23.1 Å². The Morgan fingerprint density at radius 2 is 1.79 bits per heavy atom. The highest BCUT2D eigenvalue weighted by Crippen LogP contribution is 2.22. The molecule has 0 saturated heterocycles. The first-order chi connectivity index (χ1) is 15.5. The molecule has 1 atom stereocenters. The van der Waals surface area contributed by atoms with Crippen LogP contribution in [0.3, 0.4) is 0 Å². The molecule has 1 N–H and O–H groups in total. The van der Waals surface area contributed by atoms with Crippen LogP contribution in [0, 0.1) is 0 Å². The van der Waals surface area contributed by atoms with Crippen LogP contribution < -0.4 is 5.32 Å². The van der Waals surface area contributed by atoms with Crippen LogP contribution >= 0.6 is 36.6 Å². The molecule has 3 rings (SSSR count). The van der Waals surface area contributed by atoms with E-state index in [9.17, 15) is 9.59 Å². The second-order valence-electron chi connectivity index (χ2n) is 7.88. The van der Waals surface area contributed by atoms with Gasteiger partial charge in [-0.15, -0.1) is 11.3 Å². The van der Waals surface area contributed by atoms with E-state index >= 15 is 0 Å². The molecule has 0 bridgehead atoms. The lowest BCUT2D eigenvalue weighted by Gasteiger charge is -2.17. The lowest BCUT2D eigenvalue weighted by Crippen LogP contribution is -2.42. The summed E-state index contributed by atoms with van der Waals surface area (Å²) < 4.78 is 0. The van der Waals surface area contributed by atoms with Gasteiger partial charge in [-0.2, -0.15) is 25.3 Å². The molecule has 0 aliphatic heterocycles. The molecule has 0 fully saturated rings. The molecule has 0 radical (unpaired) electrons. The van der Waals surface area contributed by atoms with Crippen LogP contribution in [0.2, 0.25) is 0 Å². The molecule has 0 unspecified atom stereocenters. The van der Waals surface area contributed by atoms with Crippen molar-refractivity contribution in [1.82, 2.24) is 15.2 Å². The number of thiazole rings is 1. The van der Waals surface area contributed by atoms with Gasteiger partial charge < -0.3 is 10.2 Å². The van der Waals surface area contributed by atoms with Gasteiger partial charge >= 0.3 is 0 Å². The maximum absolute atomic E-state index is 13.0. The summed E-state index contributed by atoms with van der Waals surface area (Å²) >= 11 is 3.15. The van der Waals surface area contributed by atoms with Crippen LogP contribution in [0.15, 0.2) is 60.0 Å². The van der Waals surface area contributed by atoms with Crippen molar-refractivity contribution in [1.29, 1.82) is 0 Å². The third-order valence-electron chi connectivity index (χ3n) is 4.97. The zero-order valence-corrected chi connectivity index (χ0v) is 21.8. The number of hydrogen-bond acceptors (Lipinski definition) is 6. The minimum absolute atomic E-state index is 0. The summed E-state index contributed by atoms with van der Waals surface area (Å²) in [5.41, 5.74) is 3.61. The Kier molecular flexibility index (Phi) is 11.1. The number of rotatable bonds is 11. The summed E-state index contributed by atoms with van der Waals surface area (Å²) in [5.74, 6) is 0.571. The molecule has 0 spiro atoms. The number of aromatic nitrogens is 1. The van der Waals surface area contributed by atoms with Crippen LogP contribution in [-0.4, -0.2) is 53.7 Å². The van der Waals surface area contributed by atoms with Crippen LogP contribution in [-0.2, 0) is 17.8 Å². The van der Waals surface area contributed by atoms with Gasteiger partial charge in [-0.3, -0.25) is 9.59 Å². The molecule has 0 aliphatic rings.